The largest absolute Gasteiger partial charge is 0.315 e. The molecule has 1 saturated heterocycles. The molecule has 0 spiro atoms. The van der Waals surface area contributed by atoms with Gasteiger partial charge in [0.05, 0.1) is 17.4 Å². The van der Waals surface area contributed by atoms with Crippen molar-refractivity contribution in [3.8, 4) is 0 Å². The number of carbonyl (C=O) groups is 1. The molecule has 9 heteroatoms. The Morgan fingerprint density at radius 3 is 2.87 bits per heavy atom. The van der Waals surface area contributed by atoms with Gasteiger partial charge in [-0.2, -0.15) is 4.31 Å². The van der Waals surface area contributed by atoms with E-state index in [-0.39, 0.29) is 23.3 Å². The molecule has 2 aromatic heterocycles. The van der Waals surface area contributed by atoms with Gasteiger partial charge in [0.2, 0.25) is 15.9 Å². The van der Waals surface area contributed by atoms with Gasteiger partial charge in [-0.25, -0.2) is 18.4 Å². The molecule has 1 amide bonds. The highest BCUT2D eigenvalue weighted by atomic mass is 32.2. The number of carbonyl (C=O) groups excluding carboxylic acids is 1. The van der Waals surface area contributed by atoms with Crippen LogP contribution in [0.2, 0.25) is 0 Å². The second-order valence-electron chi connectivity index (χ2n) is 8.22. The van der Waals surface area contributed by atoms with Gasteiger partial charge in [-0.15, -0.1) is 0 Å². The summed E-state index contributed by atoms with van der Waals surface area (Å²) in [5, 5.41) is 0. The summed E-state index contributed by atoms with van der Waals surface area (Å²) in [6, 6.07) is 8.80. The summed E-state index contributed by atoms with van der Waals surface area (Å²) in [6.45, 7) is 2.94. The van der Waals surface area contributed by atoms with E-state index in [1.165, 1.54) is 0 Å². The number of sulfonamides is 1. The normalized spacial score (nSPS) is 19.5. The number of hydrogen-bond acceptors (Lipinski definition) is 5. The van der Waals surface area contributed by atoms with Gasteiger partial charge >= 0.3 is 0 Å². The zero-order chi connectivity index (χ0) is 21.8. The Kier molecular flexibility index (Phi) is 4.82. The molecule has 2 aliphatic rings. The van der Waals surface area contributed by atoms with Crippen molar-refractivity contribution in [1.82, 2.24) is 18.8 Å². The third-order valence-electron chi connectivity index (χ3n) is 6.25. The highest BCUT2D eigenvalue weighted by molar-refractivity contribution is 7.89. The first-order valence-corrected chi connectivity index (χ1v) is 12.1. The second kappa shape index (κ2) is 7.42. The number of benzene rings is 1. The molecule has 8 nitrogen and oxygen atoms in total. The fourth-order valence-corrected chi connectivity index (χ4v) is 6.20. The highest BCUT2D eigenvalue weighted by Gasteiger charge is 2.36. The van der Waals surface area contributed by atoms with Crippen LogP contribution in [-0.2, 0) is 27.7 Å². The number of nitrogens with zero attached hydrogens (tertiary/aromatic N) is 5. The van der Waals surface area contributed by atoms with Crippen molar-refractivity contribution in [1.29, 1.82) is 0 Å². The first kappa shape index (κ1) is 20.1. The summed E-state index contributed by atoms with van der Waals surface area (Å²) in [6.07, 6.45) is 4.49. The predicted molar refractivity (Wildman–Crippen MR) is 117 cm³/mol. The number of aryl methyl sites for hydroxylation is 1. The summed E-state index contributed by atoms with van der Waals surface area (Å²) >= 11 is 0. The van der Waals surface area contributed by atoms with E-state index in [4.69, 9.17) is 4.98 Å². The molecule has 0 bridgehead atoms. The molecule has 3 aromatic rings. The average molecular weight is 440 g/mol. The summed E-state index contributed by atoms with van der Waals surface area (Å²) < 4.78 is 30.4. The van der Waals surface area contributed by atoms with E-state index in [1.54, 1.807) is 40.6 Å². The Balaban J connectivity index is 1.45. The molecule has 31 heavy (non-hydrogen) atoms. The number of fused-ring (bicyclic) bond motifs is 2. The second-order valence-corrected chi connectivity index (χ2v) is 10.2. The van der Waals surface area contributed by atoms with Crippen LogP contribution in [0.25, 0.3) is 11.2 Å². The van der Waals surface area contributed by atoms with Gasteiger partial charge in [-0.05, 0) is 48.7 Å². The lowest BCUT2D eigenvalue weighted by molar-refractivity contribution is -0.117. The molecule has 1 atom stereocenters. The third kappa shape index (κ3) is 3.23. The number of anilines is 1. The average Bonchev–Trinajstić information content (AvgIpc) is 3.44. The molecule has 0 N–H and O–H groups in total. The van der Waals surface area contributed by atoms with Crippen LogP contribution in [-0.4, -0.2) is 53.3 Å². The number of imidazole rings is 1. The van der Waals surface area contributed by atoms with Crippen LogP contribution in [0.4, 0.5) is 5.69 Å². The fourth-order valence-electron chi connectivity index (χ4n) is 4.66. The van der Waals surface area contributed by atoms with Crippen LogP contribution >= 0.6 is 0 Å². The van der Waals surface area contributed by atoms with Gasteiger partial charge < -0.3 is 9.47 Å². The fraction of sp³-hybridized carbons (Fsp3) is 0.409. The lowest BCUT2D eigenvalue weighted by atomic mass is 10.2. The highest BCUT2D eigenvalue weighted by Crippen LogP contribution is 2.34. The van der Waals surface area contributed by atoms with Crippen LogP contribution in [0.5, 0.6) is 0 Å². The van der Waals surface area contributed by atoms with Crippen molar-refractivity contribution in [3.05, 3.63) is 47.9 Å². The van der Waals surface area contributed by atoms with Gasteiger partial charge in [0.25, 0.3) is 0 Å². The van der Waals surface area contributed by atoms with Gasteiger partial charge in [-0.3, -0.25) is 4.79 Å². The van der Waals surface area contributed by atoms with Gasteiger partial charge in [0.15, 0.2) is 5.65 Å². The third-order valence-corrected chi connectivity index (χ3v) is 8.11. The molecule has 0 aliphatic carbocycles. The number of amides is 1. The standard InChI is InChI=1S/C22H25N5O3S/c1-3-5-20-24-18-6-4-10-23-22(18)27(20)16-9-11-26(14-16)31(29,30)17-7-8-19-15(12-17)13-21(28)25(19)2/h4,6-8,10,12,16H,3,5,9,11,13-14H2,1-2H3. The van der Waals surface area contributed by atoms with Crippen molar-refractivity contribution in [2.75, 3.05) is 25.0 Å². The maximum Gasteiger partial charge on any atom is 0.243 e. The molecule has 0 radical (unpaired) electrons. The van der Waals surface area contributed by atoms with Crippen LogP contribution in [0.3, 0.4) is 0 Å². The van der Waals surface area contributed by atoms with Crippen LogP contribution in [0.15, 0.2) is 41.4 Å². The lowest BCUT2D eigenvalue weighted by Gasteiger charge is -2.19. The Morgan fingerprint density at radius 1 is 1.23 bits per heavy atom. The molecular formula is C22H25N5O3S. The van der Waals surface area contributed by atoms with Gasteiger partial charge in [0.1, 0.15) is 11.3 Å². The smallest absolute Gasteiger partial charge is 0.243 e. The number of hydrogen-bond donors (Lipinski definition) is 0. The zero-order valence-electron chi connectivity index (χ0n) is 17.7. The van der Waals surface area contributed by atoms with Crippen LogP contribution in [0, 0.1) is 0 Å². The summed E-state index contributed by atoms with van der Waals surface area (Å²) in [5.74, 6) is 0.938. The van der Waals surface area contributed by atoms with Crippen molar-refractivity contribution in [3.63, 3.8) is 0 Å². The van der Waals surface area contributed by atoms with Gasteiger partial charge in [0, 0.05) is 38.4 Å². The summed E-state index contributed by atoms with van der Waals surface area (Å²) in [4.78, 5) is 23.1. The minimum Gasteiger partial charge on any atom is -0.315 e. The molecule has 162 valence electrons. The first-order chi connectivity index (χ1) is 14.9. The Hall–Kier alpha value is -2.78. The van der Waals surface area contributed by atoms with Gasteiger partial charge in [-0.1, -0.05) is 6.92 Å². The van der Waals surface area contributed by atoms with Crippen molar-refractivity contribution in [2.24, 2.45) is 0 Å². The zero-order valence-corrected chi connectivity index (χ0v) is 18.5. The molecule has 1 aromatic carbocycles. The van der Waals surface area contributed by atoms with E-state index in [9.17, 15) is 13.2 Å². The van der Waals surface area contributed by atoms with E-state index in [0.29, 0.717) is 19.5 Å². The molecule has 1 unspecified atom stereocenters. The van der Waals surface area contributed by atoms with E-state index in [2.05, 4.69) is 16.5 Å². The number of aromatic nitrogens is 3. The van der Waals surface area contributed by atoms with E-state index >= 15 is 0 Å². The minimum atomic E-state index is -3.65. The van der Waals surface area contributed by atoms with E-state index in [0.717, 1.165) is 41.1 Å². The lowest BCUT2D eigenvalue weighted by Crippen LogP contribution is -2.29. The van der Waals surface area contributed by atoms with Crippen LogP contribution < -0.4 is 4.90 Å². The van der Waals surface area contributed by atoms with Crippen molar-refractivity contribution >= 4 is 32.8 Å². The molecule has 0 saturated carbocycles. The summed E-state index contributed by atoms with van der Waals surface area (Å²) in [5.41, 5.74) is 3.21. The molecular weight excluding hydrogens is 414 g/mol. The first-order valence-electron chi connectivity index (χ1n) is 10.6. The maximum absolute atomic E-state index is 13.4. The quantitative estimate of drug-likeness (QED) is 0.610. The molecule has 4 heterocycles. The summed E-state index contributed by atoms with van der Waals surface area (Å²) in [7, 11) is -1.94. The van der Waals surface area contributed by atoms with Crippen LogP contribution in [0.1, 0.15) is 37.2 Å². The molecule has 1 fully saturated rings. The molecule has 2 aliphatic heterocycles. The van der Waals surface area contributed by atoms with Crippen molar-refractivity contribution < 1.29 is 13.2 Å². The van der Waals surface area contributed by atoms with E-state index in [1.807, 2.05) is 12.1 Å². The Morgan fingerprint density at radius 2 is 2.06 bits per heavy atom. The predicted octanol–water partition coefficient (Wildman–Crippen LogP) is 2.54. The maximum atomic E-state index is 13.4. The minimum absolute atomic E-state index is 0.00152. The Bertz CT molecular complexity index is 1280. The number of rotatable bonds is 5. The Labute approximate surface area is 181 Å². The SMILES string of the molecule is CCCc1nc2cccnc2n1C1CCN(S(=O)(=O)c2ccc3c(c2)CC(=O)N3C)C1. The van der Waals surface area contributed by atoms with E-state index < -0.39 is 10.0 Å². The topological polar surface area (TPSA) is 88.4 Å². The molecule has 5 rings (SSSR count). The van der Waals surface area contributed by atoms with Crippen molar-refractivity contribution in [2.45, 2.75) is 43.5 Å². The number of pyridine rings is 1. The number of likely N-dealkylation sites (N-methyl/N-ethyl adjacent to an activating group) is 1. The monoisotopic (exact) mass is 439 g/mol.